The normalized spacial score (nSPS) is 11.7. The molecule has 2 aromatic carbocycles. The molecule has 0 radical (unpaired) electrons. The van der Waals surface area contributed by atoms with Gasteiger partial charge in [-0.25, -0.2) is 30.6 Å². The molecule has 0 atom stereocenters. The van der Waals surface area contributed by atoms with Gasteiger partial charge in [-0.05, 0) is 55.0 Å². The van der Waals surface area contributed by atoms with Crippen LogP contribution in [-0.2, 0) is 26.5 Å². The highest BCUT2D eigenvalue weighted by Gasteiger charge is 2.19. The smallest absolute Gasteiger partial charge is 0.265 e. The van der Waals surface area contributed by atoms with Gasteiger partial charge >= 0.3 is 0 Å². The zero-order chi connectivity index (χ0) is 29.2. The van der Waals surface area contributed by atoms with Crippen LogP contribution in [0.4, 0.5) is 20.2 Å². The van der Waals surface area contributed by atoms with E-state index in [9.17, 15) is 30.4 Å². The van der Waals surface area contributed by atoms with Crippen molar-refractivity contribution in [3.05, 3.63) is 87.7 Å². The van der Waals surface area contributed by atoms with Crippen molar-refractivity contribution in [1.29, 1.82) is 0 Å². The molecule has 0 bridgehead atoms. The molecule has 40 heavy (non-hydrogen) atoms. The molecular formula is C26H23F2N3O6S3. The van der Waals surface area contributed by atoms with Crippen molar-refractivity contribution in [2.75, 3.05) is 22.6 Å². The number of pyridine rings is 1. The zero-order valence-electron chi connectivity index (χ0n) is 21.4. The SMILES string of the molecule is Cc1sc(C(=O)Nc2cccc(NS(C)(=O)=O)c2)cc1-c1ncc(F)cc1OCc1cc(F)cc(S(C)(=O)=O)c1. The summed E-state index contributed by atoms with van der Waals surface area (Å²) in [6.07, 6.45) is 2.96. The van der Waals surface area contributed by atoms with E-state index in [4.69, 9.17) is 4.74 Å². The lowest BCUT2D eigenvalue weighted by molar-refractivity contribution is 0.103. The number of ether oxygens (including phenoxy) is 1. The van der Waals surface area contributed by atoms with E-state index in [1.54, 1.807) is 25.1 Å². The summed E-state index contributed by atoms with van der Waals surface area (Å²) in [6.45, 7) is 1.47. The summed E-state index contributed by atoms with van der Waals surface area (Å²) in [4.78, 5) is 17.9. The van der Waals surface area contributed by atoms with Gasteiger partial charge in [0.05, 0.1) is 27.9 Å². The van der Waals surface area contributed by atoms with Gasteiger partial charge < -0.3 is 10.1 Å². The number of amides is 1. The number of anilines is 2. The van der Waals surface area contributed by atoms with E-state index in [2.05, 4.69) is 15.0 Å². The molecule has 2 aromatic heterocycles. The Morgan fingerprint density at radius 3 is 2.40 bits per heavy atom. The number of hydrogen-bond acceptors (Lipinski definition) is 8. The van der Waals surface area contributed by atoms with Crippen LogP contribution in [0.2, 0.25) is 0 Å². The minimum absolute atomic E-state index is 0.0116. The van der Waals surface area contributed by atoms with E-state index in [-0.39, 0.29) is 34.2 Å². The van der Waals surface area contributed by atoms with Gasteiger partial charge in [-0.2, -0.15) is 0 Å². The second-order valence-electron chi connectivity index (χ2n) is 8.85. The van der Waals surface area contributed by atoms with E-state index in [0.717, 1.165) is 48.2 Å². The molecular weight excluding hydrogens is 584 g/mol. The monoisotopic (exact) mass is 607 g/mol. The molecule has 0 fully saturated rings. The Labute approximate surface area is 233 Å². The Balaban J connectivity index is 1.58. The highest BCUT2D eigenvalue weighted by Crippen LogP contribution is 2.36. The van der Waals surface area contributed by atoms with Crippen molar-refractivity contribution < 1.29 is 35.1 Å². The third-order valence-corrected chi connectivity index (χ3v) is 8.14. The summed E-state index contributed by atoms with van der Waals surface area (Å²) >= 11 is 1.16. The van der Waals surface area contributed by atoms with Crippen molar-refractivity contribution in [2.45, 2.75) is 18.4 Å². The van der Waals surface area contributed by atoms with Crippen LogP contribution in [0, 0.1) is 18.6 Å². The van der Waals surface area contributed by atoms with E-state index in [1.165, 1.54) is 18.2 Å². The third kappa shape index (κ3) is 7.40. The first-order valence-electron chi connectivity index (χ1n) is 11.5. The Morgan fingerprint density at radius 1 is 0.975 bits per heavy atom. The number of aromatic nitrogens is 1. The molecule has 4 aromatic rings. The molecule has 0 aliphatic heterocycles. The number of nitrogens with one attached hydrogen (secondary N) is 2. The lowest BCUT2D eigenvalue weighted by Crippen LogP contribution is -2.12. The average molecular weight is 608 g/mol. The van der Waals surface area contributed by atoms with Crippen molar-refractivity contribution in [2.24, 2.45) is 0 Å². The Kier molecular flexibility index (Phi) is 8.23. The molecule has 2 N–H and O–H groups in total. The highest BCUT2D eigenvalue weighted by atomic mass is 32.2. The summed E-state index contributed by atoms with van der Waals surface area (Å²) < 4.78 is 82.9. The van der Waals surface area contributed by atoms with Crippen molar-refractivity contribution in [3.63, 3.8) is 0 Å². The van der Waals surface area contributed by atoms with Crippen LogP contribution in [0.3, 0.4) is 0 Å². The van der Waals surface area contributed by atoms with Gasteiger partial charge in [-0.3, -0.25) is 9.52 Å². The number of carbonyl (C=O) groups excluding carboxylic acids is 1. The summed E-state index contributed by atoms with van der Waals surface area (Å²) in [7, 11) is -7.17. The number of thiophene rings is 1. The van der Waals surface area contributed by atoms with Crippen LogP contribution in [0.25, 0.3) is 11.3 Å². The molecule has 9 nitrogen and oxygen atoms in total. The molecule has 0 saturated heterocycles. The number of nitrogens with zero attached hydrogens (tertiary/aromatic N) is 1. The number of sulfone groups is 1. The van der Waals surface area contributed by atoms with Gasteiger partial charge in [-0.15, -0.1) is 11.3 Å². The van der Waals surface area contributed by atoms with Crippen LogP contribution in [0.15, 0.2) is 65.7 Å². The van der Waals surface area contributed by atoms with E-state index < -0.39 is 37.4 Å². The predicted octanol–water partition coefficient (Wildman–Crippen LogP) is 5.00. The van der Waals surface area contributed by atoms with E-state index in [0.29, 0.717) is 21.0 Å². The van der Waals surface area contributed by atoms with Gasteiger partial charge in [0.25, 0.3) is 5.91 Å². The van der Waals surface area contributed by atoms with Crippen molar-refractivity contribution in [3.8, 4) is 17.0 Å². The van der Waals surface area contributed by atoms with Gasteiger partial charge in [0.1, 0.15) is 29.7 Å². The second-order valence-corrected chi connectivity index (χ2v) is 13.9. The maximum atomic E-state index is 14.1. The Bertz CT molecular complexity index is 1820. The minimum Gasteiger partial charge on any atom is -0.487 e. The average Bonchev–Trinajstić information content (AvgIpc) is 3.22. The van der Waals surface area contributed by atoms with E-state index >= 15 is 0 Å². The van der Waals surface area contributed by atoms with Gasteiger partial charge in [-0.1, -0.05) is 6.07 Å². The Hall–Kier alpha value is -3.88. The largest absolute Gasteiger partial charge is 0.487 e. The molecule has 14 heteroatoms. The fourth-order valence-electron chi connectivity index (χ4n) is 3.71. The van der Waals surface area contributed by atoms with Gasteiger partial charge in [0.2, 0.25) is 10.0 Å². The van der Waals surface area contributed by atoms with Crippen LogP contribution in [-0.4, -0.2) is 40.2 Å². The maximum absolute atomic E-state index is 14.1. The van der Waals surface area contributed by atoms with Crippen molar-refractivity contribution in [1.82, 2.24) is 4.98 Å². The van der Waals surface area contributed by atoms with Gasteiger partial charge in [0, 0.05) is 28.5 Å². The fraction of sp³-hybridized carbons (Fsp3) is 0.154. The number of sulfonamides is 1. The molecule has 4 rings (SSSR count). The summed E-state index contributed by atoms with van der Waals surface area (Å²) in [5.74, 6) is -1.91. The second kappa shape index (κ2) is 11.3. The lowest BCUT2D eigenvalue weighted by Gasteiger charge is -2.12. The number of halogens is 2. The fourth-order valence-corrected chi connectivity index (χ4v) is 5.87. The highest BCUT2D eigenvalue weighted by molar-refractivity contribution is 7.92. The molecule has 0 aliphatic carbocycles. The predicted molar refractivity (Wildman–Crippen MR) is 149 cm³/mol. The number of hydrogen-bond donors (Lipinski definition) is 2. The number of aryl methyl sites for hydroxylation is 1. The van der Waals surface area contributed by atoms with Crippen LogP contribution >= 0.6 is 11.3 Å². The summed E-state index contributed by atoms with van der Waals surface area (Å²) in [6, 6.07) is 12.1. The number of carbonyl (C=O) groups is 1. The van der Waals surface area contributed by atoms with Crippen LogP contribution < -0.4 is 14.8 Å². The summed E-state index contributed by atoms with van der Waals surface area (Å²) in [5.41, 5.74) is 1.58. The first-order valence-corrected chi connectivity index (χ1v) is 16.1. The first kappa shape index (κ1) is 29.1. The third-order valence-electron chi connectivity index (χ3n) is 5.39. The molecule has 2 heterocycles. The number of rotatable bonds is 9. The number of benzene rings is 2. The lowest BCUT2D eigenvalue weighted by atomic mass is 10.1. The maximum Gasteiger partial charge on any atom is 0.265 e. The quantitative estimate of drug-likeness (QED) is 0.274. The molecule has 0 saturated carbocycles. The van der Waals surface area contributed by atoms with Gasteiger partial charge in [0.15, 0.2) is 9.84 Å². The molecule has 0 spiro atoms. The molecule has 0 unspecified atom stereocenters. The molecule has 210 valence electrons. The Morgan fingerprint density at radius 2 is 1.70 bits per heavy atom. The van der Waals surface area contributed by atoms with E-state index in [1.807, 2.05) is 0 Å². The zero-order valence-corrected chi connectivity index (χ0v) is 23.8. The minimum atomic E-state index is -3.67. The van der Waals surface area contributed by atoms with Crippen molar-refractivity contribution >= 4 is 48.5 Å². The molecule has 0 aliphatic rings. The molecule has 1 amide bonds. The standard InChI is InChI=1S/C26H23F2N3O6S3/c1-15-22(12-24(38-15)26(32)30-19-5-4-6-20(11-19)31-40(3,35)36)25-23(10-18(28)13-29-25)37-14-16-7-17(27)9-21(8-16)39(2,33)34/h4-13,31H,14H2,1-3H3,(H,30,32). The first-order chi connectivity index (χ1) is 18.7. The van der Waals surface area contributed by atoms with Crippen LogP contribution in [0.5, 0.6) is 5.75 Å². The topological polar surface area (TPSA) is 132 Å². The summed E-state index contributed by atoms with van der Waals surface area (Å²) in [5, 5.41) is 2.71. The van der Waals surface area contributed by atoms with Crippen LogP contribution in [0.1, 0.15) is 20.1 Å².